The summed E-state index contributed by atoms with van der Waals surface area (Å²) in [6.45, 7) is 1.52. The molecule has 7 nitrogen and oxygen atoms in total. The number of ether oxygens (including phenoxy) is 2. The molecule has 3 atom stereocenters. The minimum Gasteiger partial charge on any atom is -0.494 e. The highest BCUT2D eigenvalue weighted by Gasteiger charge is 2.31. The van der Waals surface area contributed by atoms with Crippen molar-refractivity contribution >= 4 is 26.8 Å². The third-order valence-corrected chi connectivity index (χ3v) is 5.93. The average molecular weight is 485 g/mol. The van der Waals surface area contributed by atoms with Crippen LogP contribution < -0.4 is 19.7 Å². The maximum absolute atomic E-state index is 14.8. The zero-order valence-corrected chi connectivity index (χ0v) is 19.8. The van der Waals surface area contributed by atoms with Gasteiger partial charge in [-0.3, -0.25) is 14.9 Å². The Hall–Kier alpha value is -3.21. The number of hydrogen-bond acceptors (Lipinski definition) is 7. The number of aromatic nitrogens is 1. The first-order valence-electron chi connectivity index (χ1n) is 10.8. The summed E-state index contributed by atoms with van der Waals surface area (Å²) in [4.78, 5) is 13.0. The fraction of sp³-hybridized carbons (Fsp3) is 0.333. The number of nitrogens with one attached hydrogen (secondary N) is 1. The predicted octanol–water partition coefficient (Wildman–Crippen LogP) is 3.81. The SMILES string of the molecule is C#CC1=CNC(N2CCC(N(c3ccc(OC(F)P)c(F)c3)c3cnccc3OC)CC2)N=C1. The van der Waals surface area contributed by atoms with E-state index in [0.717, 1.165) is 31.6 Å². The van der Waals surface area contributed by atoms with Crippen LogP contribution in [0.2, 0.25) is 0 Å². The minimum absolute atomic E-state index is 0.0422. The number of halogens is 2. The number of allylic oxidation sites excluding steroid dienone is 1. The lowest BCUT2D eigenvalue weighted by Gasteiger charge is -2.41. The van der Waals surface area contributed by atoms with E-state index < -0.39 is 11.9 Å². The molecular weight excluding hydrogens is 459 g/mol. The van der Waals surface area contributed by atoms with Crippen molar-refractivity contribution in [3.05, 3.63) is 54.2 Å². The Morgan fingerprint density at radius 2 is 2.09 bits per heavy atom. The molecule has 0 spiro atoms. The van der Waals surface area contributed by atoms with Crippen molar-refractivity contribution in [2.24, 2.45) is 4.99 Å². The summed E-state index contributed by atoms with van der Waals surface area (Å²) in [5.41, 5.74) is 2.03. The number of alkyl halides is 1. The van der Waals surface area contributed by atoms with Gasteiger partial charge in [-0.05, 0) is 25.0 Å². The third kappa shape index (κ3) is 5.30. The second kappa shape index (κ2) is 10.8. The summed E-state index contributed by atoms with van der Waals surface area (Å²) >= 11 is 0. The summed E-state index contributed by atoms with van der Waals surface area (Å²) in [6, 6.07) is 6.30. The molecule has 2 aliphatic heterocycles. The van der Waals surface area contributed by atoms with Crippen LogP contribution in [-0.2, 0) is 0 Å². The summed E-state index contributed by atoms with van der Waals surface area (Å²) in [5.74, 6) is 2.38. The Bertz CT molecular complexity index is 1110. The molecule has 10 heteroatoms. The van der Waals surface area contributed by atoms with Crippen LogP contribution in [0.5, 0.6) is 11.5 Å². The van der Waals surface area contributed by atoms with Gasteiger partial charge in [-0.2, -0.15) is 4.39 Å². The van der Waals surface area contributed by atoms with Crippen molar-refractivity contribution < 1.29 is 18.3 Å². The summed E-state index contributed by atoms with van der Waals surface area (Å²) in [5, 5.41) is 3.23. The van der Waals surface area contributed by atoms with Crippen LogP contribution >= 0.6 is 9.24 Å². The van der Waals surface area contributed by atoms with E-state index in [1.807, 2.05) is 14.1 Å². The fourth-order valence-corrected chi connectivity index (χ4v) is 4.34. The van der Waals surface area contributed by atoms with Crippen LogP contribution in [0.25, 0.3) is 0 Å². The topological polar surface area (TPSA) is 62.2 Å². The number of terminal acetylenes is 1. The highest BCUT2D eigenvalue weighted by atomic mass is 31.0. The van der Waals surface area contributed by atoms with E-state index in [-0.39, 0.29) is 18.1 Å². The number of benzene rings is 1. The molecule has 34 heavy (non-hydrogen) atoms. The van der Waals surface area contributed by atoms with Gasteiger partial charge in [0.2, 0.25) is 6.10 Å². The Morgan fingerprint density at radius 3 is 2.71 bits per heavy atom. The lowest BCUT2D eigenvalue weighted by molar-refractivity contribution is 0.142. The second-order valence-electron chi connectivity index (χ2n) is 7.83. The van der Waals surface area contributed by atoms with E-state index in [1.54, 1.807) is 44.1 Å². The number of pyridine rings is 1. The fourth-order valence-electron chi connectivity index (χ4n) is 4.19. The van der Waals surface area contributed by atoms with Crippen LogP contribution in [0.4, 0.5) is 20.2 Å². The van der Waals surface area contributed by atoms with E-state index in [1.165, 1.54) is 12.1 Å². The van der Waals surface area contributed by atoms with Gasteiger partial charge in [-0.25, -0.2) is 4.39 Å². The lowest BCUT2D eigenvalue weighted by atomic mass is 10.0. The molecule has 0 saturated carbocycles. The van der Waals surface area contributed by atoms with Gasteiger partial charge in [0.05, 0.1) is 18.9 Å². The molecule has 3 heterocycles. The quantitative estimate of drug-likeness (QED) is 0.476. The summed E-state index contributed by atoms with van der Waals surface area (Å²) < 4.78 is 38.5. The molecule has 2 aromatic rings. The van der Waals surface area contributed by atoms with E-state index in [9.17, 15) is 8.78 Å². The largest absolute Gasteiger partial charge is 0.494 e. The zero-order chi connectivity index (χ0) is 24.1. The lowest BCUT2D eigenvalue weighted by Crippen LogP contribution is -2.51. The standard InChI is InChI=1S/C24H26F2N5O2P/c1-3-16-13-28-24(29-14-16)30-10-7-17(8-11-30)31(20-15-27-9-6-22(20)32-2)18-4-5-21(19(25)12-18)33-23(26)34/h1,4-6,9,12-15,17,23-24,28H,7-8,10-11,34H2,2H3. The normalized spacial score (nSPS) is 19.5. The van der Waals surface area contributed by atoms with Gasteiger partial charge >= 0.3 is 0 Å². The monoisotopic (exact) mass is 485 g/mol. The molecule has 0 bridgehead atoms. The van der Waals surface area contributed by atoms with E-state index >= 15 is 0 Å². The van der Waals surface area contributed by atoms with Gasteiger partial charge < -0.3 is 19.7 Å². The number of rotatable bonds is 7. The number of nitrogens with zero attached hydrogens (tertiary/aromatic N) is 4. The average Bonchev–Trinajstić information content (AvgIpc) is 2.86. The maximum Gasteiger partial charge on any atom is 0.249 e. The minimum atomic E-state index is -1.69. The van der Waals surface area contributed by atoms with Crippen molar-refractivity contribution in [1.29, 1.82) is 0 Å². The highest BCUT2D eigenvalue weighted by molar-refractivity contribution is 7.16. The third-order valence-electron chi connectivity index (χ3n) is 5.79. The van der Waals surface area contributed by atoms with E-state index in [0.29, 0.717) is 17.0 Å². The summed E-state index contributed by atoms with van der Waals surface area (Å²) in [7, 11) is 3.43. The molecule has 178 valence electrons. The van der Waals surface area contributed by atoms with Crippen molar-refractivity contribution in [3.8, 4) is 23.8 Å². The van der Waals surface area contributed by atoms with Gasteiger partial charge in [0.1, 0.15) is 11.4 Å². The van der Waals surface area contributed by atoms with Gasteiger partial charge in [0.15, 0.2) is 17.9 Å². The van der Waals surface area contributed by atoms with Crippen molar-refractivity contribution in [2.45, 2.75) is 31.3 Å². The predicted molar refractivity (Wildman–Crippen MR) is 131 cm³/mol. The molecule has 4 rings (SSSR count). The first-order valence-corrected chi connectivity index (χ1v) is 11.5. The number of methoxy groups -OCH3 is 1. The molecular formula is C24H26F2N5O2P. The molecule has 1 saturated heterocycles. The first-order chi connectivity index (χ1) is 16.5. The Kier molecular flexibility index (Phi) is 7.61. The number of aliphatic imine (C=N–C) groups is 1. The van der Waals surface area contributed by atoms with Crippen LogP contribution in [-0.4, -0.2) is 54.7 Å². The summed E-state index contributed by atoms with van der Waals surface area (Å²) in [6.07, 6.45) is 12.0. The molecule has 1 fully saturated rings. The molecule has 3 unspecified atom stereocenters. The van der Waals surface area contributed by atoms with E-state index in [4.69, 9.17) is 15.9 Å². The number of anilines is 2. The van der Waals surface area contributed by atoms with Gasteiger partial charge in [0, 0.05) is 55.6 Å². The molecule has 2 aliphatic rings. The molecule has 0 amide bonds. The number of likely N-dealkylation sites (tertiary alicyclic amines) is 1. The van der Waals surface area contributed by atoms with Gasteiger partial charge in [0.25, 0.3) is 0 Å². The van der Waals surface area contributed by atoms with Crippen molar-refractivity contribution in [2.75, 3.05) is 25.1 Å². The van der Waals surface area contributed by atoms with Gasteiger partial charge in [-0.15, -0.1) is 6.42 Å². The van der Waals surface area contributed by atoms with Crippen LogP contribution in [0.15, 0.2) is 53.4 Å². The van der Waals surface area contributed by atoms with Crippen LogP contribution in [0.3, 0.4) is 0 Å². The number of hydrogen-bond donors (Lipinski definition) is 1. The molecule has 0 radical (unpaired) electrons. The Balaban J connectivity index is 1.58. The van der Waals surface area contributed by atoms with Crippen molar-refractivity contribution in [1.82, 2.24) is 15.2 Å². The van der Waals surface area contributed by atoms with Crippen molar-refractivity contribution in [3.63, 3.8) is 0 Å². The zero-order valence-electron chi connectivity index (χ0n) is 18.7. The smallest absolute Gasteiger partial charge is 0.249 e. The van der Waals surface area contributed by atoms with Crippen LogP contribution in [0.1, 0.15) is 12.8 Å². The molecule has 1 aromatic carbocycles. The highest BCUT2D eigenvalue weighted by Crippen LogP contribution is 2.39. The molecule has 0 aliphatic carbocycles. The number of piperidine rings is 1. The maximum atomic E-state index is 14.8. The second-order valence-corrected chi connectivity index (χ2v) is 8.36. The van der Waals surface area contributed by atoms with Gasteiger partial charge in [-0.1, -0.05) is 15.2 Å². The van der Waals surface area contributed by atoms with Crippen LogP contribution in [0, 0.1) is 18.2 Å². The Morgan fingerprint density at radius 1 is 1.29 bits per heavy atom. The first kappa shape index (κ1) is 23.9. The molecule has 1 N–H and O–H groups in total. The van der Waals surface area contributed by atoms with E-state index in [2.05, 4.69) is 26.1 Å². The Labute approximate surface area is 200 Å². The molecule has 1 aromatic heterocycles.